The Bertz CT molecular complexity index is 789. The summed E-state index contributed by atoms with van der Waals surface area (Å²) in [4.78, 5) is 26.2. The first-order valence-electron chi connectivity index (χ1n) is 9.02. The molecule has 1 N–H and O–H groups in total. The van der Waals surface area contributed by atoms with Gasteiger partial charge in [-0.15, -0.1) is 0 Å². The molecule has 2 heterocycles. The Morgan fingerprint density at radius 2 is 1.77 bits per heavy atom. The topological polar surface area (TPSA) is 58.6 Å². The number of carbonyl (C=O) groups excluding carboxylic acids is 2. The number of para-hydroxylation sites is 1. The quantitative estimate of drug-likeness (QED) is 0.922. The number of rotatable bonds is 4. The minimum Gasteiger partial charge on any atom is -0.489 e. The first kappa shape index (κ1) is 16.6. The smallest absolute Gasteiger partial charge is 0.253 e. The van der Waals surface area contributed by atoms with Gasteiger partial charge in [0.25, 0.3) is 5.91 Å². The fraction of sp³-hybridized carbons (Fsp3) is 0.333. The van der Waals surface area contributed by atoms with E-state index in [1.165, 1.54) is 0 Å². The Kier molecular flexibility index (Phi) is 4.61. The number of likely N-dealkylation sites (tertiary alicyclic amines) is 1. The molecule has 2 aromatic carbocycles. The Labute approximate surface area is 153 Å². The van der Waals surface area contributed by atoms with E-state index >= 15 is 0 Å². The van der Waals surface area contributed by atoms with Crippen LogP contribution in [0.2, 0.25) is 0 Å². The largest absolute Gasteiger partial charge is 0.489 e. The molecule has 0 radical (unpaired) electrons. The van der Waals surface area contributed by atoms with E-state index in [4.69, 9.17) is 4.74 Å². The number of piperidine rings is 1. The van der Waals surface area contributed by atoms with Crippen LogP contribution in [-0.2, 0) is 11.4 Å². The van der Waals surface area contributed by atoms with Crippen LogP contribution < -0.4 is 10.1 Å². The Balaban J connectivity index is 1.36. The lowest BCUT2D eigenvalue weighted by molar-refractivity contribution is -0.124. The number of amides is 2. The Morgan fingerprint density at radius 1 is 1.04 bits per heavy atom. The maximum atomic E-state index is 12.8. The highest BCUT2D eigenvalue weighted by atomic mass is 16.5. The maximum absolute atomic E-state index is 12.8. The summed E-state index contributed by atoms with van der Waals surface area (Å²) in [5.74, 6) is 1.66. The van der Waals surface area contributed by atoms with E-state index in [0.29, 0.717) is 43.5 Å². The summed E-state index contributed by atoms with van der Waals surface area (Å²) in [6, 6.07) is 17.3. The fourth-order valence-electron chi connectivity index (χ4n) is 3.73. The number of hydrogen-bond donors (Lipinski definition) is 1. The van der Waals surface area contributed by atoms with Gasteiger partial charge >= 0.3 is 0 Å². The fourth-order valence-corrected chi connectivity index (χ4v) is 3.73. The second kappa shape index (κ2) is 7.20. The molecule has 26 heavy (non-hydrogen) atoms. The van der Waals surface area contributed by atoms with Crippen LogP contribution in [0.3, 0.4) is 0 Å². The van der Waals surface area contributed by atoms with Crippen LogP contribution in [0.15, 0.2) is 54.6 Å². The van der Waals surface area contributed by atoms with Gasteiger partial charge in [0.2, 0.25) is 5.91 Å². The molecule has 5 heteroatoms. The maximum Gasteiger partial charge on any atom is 0.253 e. The lowest BCUT2D eigenvalue weighted by Crippen LogP contribution is -2.40. The van der Waals surface area contributed by atoms with Crippen molar-refractivity contribution in [3.8, 4) is 5.75 Å². The normalized spacial score (nSPS) is 21.8. The van der Waals surface area contributed by atoms with Crippen LogP contribution in [-0.4, -0.2) is 36.3 Å². The molecule has 2 fully saturated rings. The molecule has 2 aromatic rings. The zero-order valence-corrected chi connectivity index (χ0v) is 14.6. The van der Waals surface area contributed by atoms with Gasteiger partial charge in [-0.3, -0.25) is 9.59 Å². The molecule has 134 valence electrons. The molecule has 0 aliphatic carbocycles. The zero-order valence-electron chi connectivity index (χ0n) is 14.6. The van der Waals surface area contributed by atoms with Gasteiger partial charge in [0, 0.05) is 31.6 Å². The molecule has 2 aliphatic heterocycles. The van der Waals surface area contributed by atoms with Crippen LogP contribution in [0.1, 0.15) is 22.3 Å². The van der Waals surface area contributed by atoms with Crippen molar-refractivity contribution in [3.63, 3.8) is 0 Å². The molecule has 2 amide bonds. The number of nitrogens with zero attached hydrogens (tertiary/aromatic N) is 1. The van der Waals surface area contributed by atoms with Crippen LogP contribution in [0, 0.1) is 11.8 Å². The van der Waals surface area contributed by atoms with Crippen molar-refractivity contribution in [2.24, 2.45) is 11.8 Å². The van der Waals surface area contributed by atoms with Gasteiger partial charge in [-0.1, -0.05) is 30.3 Å². The summed E-state index contributed by atoms with van der Waals surface area (Å²) in [6.45, 7) is 2.56. The summed E-state index contributed by atoms with van der Waals surface area (Å²) < 4.78 is 5.73. The van der Waals surface area contributed by atoms with Crippen molar-refractivity contribution >= 4 is 11.8 Å². The molecule has 0 bridgehead atoms. The van der Waals surface area contributed by atoms with Gasteiger partial charge in [0.15, 0.2) is 0 Å². The lowest BCUT2D eigenvalue weighted by Gasteiger charge is -2.23. The predicted octanol–water partition coefficient (Wildman–Crippen LogP) is 2.47. The van der Waals surface area contributed by atoms with Gasteiger partial charge in [0.1, 0.15) is 12.4 Å². The standard InChI is InChI=1S/C21H22N2O3/c24-20-10-17-12-23(13-18(17)11-22-20)21(25)16-8-6-15(7-9-16)14-26-19-4-2-1-3-5-19/h1-9,17-18H,10-14H2,(H,22,24)/t17-,18+/m1/s1. The Morgan fingerprint density at radius 3 is 2.54 bits per heavy atom. The number of benzene rings is 2. The average molecular weight is 350 g/mol. The second-order valence-corrected chi connectivity index (χ2v) is 7.04. The highest BCUT2D eigenvalue weighted by Crippen LogP contribution is 2.29. The molecule has 2 atom stereocenters. The third kappa shape index (κ3) is 3.57. The predicted molar refractivity (Wildman–Crippen MR) is 97.7 cm³/mol. The first-order chi connectivity index (χ1) is 12.7. The van der Waals surface area contributed by atoms with Gasteiger partial charge in [0.05, 0.1) is 0 Å². The highest BCUT2D eigenvalue weighted by molar-refractivity contribution is 5.94. The number of nitrogens with one attached hydrogen (secondary N) is 1. The lowest BCUT2D eigenvalue weighted by atomic mass is 9.89. The van der Waals surface area contributed by atoms with Crippen molar-refractivity contribution in [2.45, 2.75) is 13.0 Å². The monoisotopic (exact) mass is 350 g/mol. The van der Waals surface area contributed by atoms with Crippen molar-refractivity contribution in [1.29, 1.82) is 0 Å². The molecule has 0 aromatic heterocycles. The van der Waals surface area contributed by atoms with E-state index in [1.807, 2.05) is 59.5 Å². The van der Waals surface area contributed by atoms with Crippen molar-refractivity contribution in [3.05, 3.63) is 65.7 Å². The molecule has 0 spiro atoms. The SMILES string of the molecule is O=C1C[C@@H]2CN(C(=O)c3ccc(COc4ccccc4)cc3)C[C@@H]2CN1. The van der Waals surface area contributed by atoms with E-state index in [1.54, 1.807) is 0 Å². The van der Waals surface area contributed by atoms with Crippen LogP contribution >= 0.6 is 0 Å². The highest BCUT2D eigenvalue weighted by Gasteiger charge is 2.39. The number of hydrogen-bond acceptors (Lipinski definition) is 3. The van der Waals surface area contributed by atoms with E-state index in [2.05, 4.69) is 5.32 Å². The summed E-state index contributed by atoms with van der Waals surface area (Å²) in [5, 5.41) is 2.90. The van der Waals surface area contributed by atoms with Crippen molar-refractivity contribution in [1.82, 2.24) is 10.2 Å². The summed E-state index contributed by atoms with van der Waals surface area (Å²) in [6.07, 6.45) is 0.532. The zero-order chi connectivity index (χ0) is 17.9. The van der Waals surface area contributed by atoms with E-state index in [9.17, 15) is 9.59 Å². The van der Waals surface area contributed by atoms with Crippen LogP contribution in [0.5, 0.6) is 5.75 Å². The van der Waals surface area contributed by atoms with Crippen LogP contribution in [0.4, 0.5) is 0 Å². The molecule has 4 rings (SSSR count). The van der Waals surface area contributed by atoms with Gasteiger partial charge in [-0.25, -0.2) is 0 Å². The van der Waals surface area contributed by atoms with E-state index in [0.717, 1.165) is 17.9 Å². The van der Waals surface area contributed by atoms with Crippen molar-refractivity contribution < 1.29 is 14.3 Å². The molecule has 2 aliphatic rings. The van der Waals surface area contributed by atoms with E-state index in [-0.39, 0.29) is 11.8 Å². The second-order valence-electron chi connectivity index (χ2n) is 7.04. The summed E-state index contributed by atoms with van der Waals surface area (Å²) in [5.41, 5.74) is 1.71. The molecule has 5 nitrogen and oxygen atoms in total. The minimum absolute atomic E-state index is 0.0439. The van der Waals surface area contributed by atoms with Gasteiger partial charge < -0.3 is 15.0 Å². The molecule has 0 saturated carbocycles. The first-order valence-corrected chi connectivity index (χ1v) is 9.02. The summed E-state index contributed by atoms with van der Waals surface area (Å²) >= 11 is 0. The van der Waals surface area contributed by atoms with E-state index < -0.39 is 0 Å². The van der Waals surface area contributed by atoms with Crippen molar-refractivity contribution in [2.75, 3.05) is 19.6 Å². The molecule has 0 unspecified atom stereocenters. The average Bonchev–Trinajstić information content (AvgIpc) is 3.10. The minimum atomic E-state index is 0.0439. The number of ether oxygens (including phenoxy) is 1. The molecular formula is C21H22N2O3. The molecular weight excluding hydrogens is 328 g/mol. The number of carbonyl (C=O) groups is 2. The van der Waals surface area contributed by atoms with Gasteiger partial charge in [-0.05, 0) is 41.7 Å². The number of fused-ring (bicyclic) bond motifs is 1. The van der Waals surface area contributed by atoms with Crippen LogP contribution in [0.25, 0.3) is 0 Å². The third-order valence-electron chi connectivity index (χ3n) is 5.22. The summed E-state index contributed by atoms with van der Waals surface area (Å²) in [7, 11) is 0. The molecule has 2 saturated heterocycles. The third-order valence-corrected chi connectivity index (χ3v) is 5.22. The Hall–Kier alpha value is -2.82. The van der Waals surface area contributed by atoms with Gasteiger partial charge in [-0.2, -0.15) is 0 Å².